The van der Waals surface area contributed by atoms with Crippen LogP contribution in [0.2, 0.25) is 0 Å². The molecule has 4 heteroatoms. The molecule has 2 aromatic rings. The molecule has 0 aliphatic rings. The molecule has 27 heavy (non-hydrogen) atoms. The van der Waals surface area contributed by atoms with Gasteiger partial charge >= 0.3 is 0 Å². The second-order valence-corrected chi connectivity index (χ2v) is 7.24. The van der Waals surface area contributed by atoms with Crippen molar-refractivity contribution in [2.45, 2.75) is 52.5 Å². The summed E-state index contributed by atoms with van der Waals surface area (Å²) < 4.78 is 10.7. The van der Waals surface area contributed by atoms with Gasteiger partial charge in [0.05, 0.1) is 20.3 Å². The zero-order valence-electron chi connectivity index (χ0n) is 17.3. The van der Waals surface area contributed by atoms with Crippen LogP contribution in [0.4, 0.5) is 0 Å². The largest absolute Gasteiger partial charge is 0.497 e. The Morgan fingerprint density at radius 3 is 2.22 bits per heavy atom. The quantitative estimate of drug-likeness (QED) is 0.716. The van der Waals surface area contributed by atoms with Gasteiger partial charge < -0.3 is 14.8 Å². The number of amides is 1. The van der Waals surface area contributed by atoms with Gasteiger partial charge in [0.15, 0.2) is 0 Å². The average Bonchev–Trinajstić information content (AvgIpc) is 2.66. The van der Waals surface area contributed by atoms with Crippen molar-refractivity contribution < 1.29 is 14.3 Å². The Kier molecular flexibility index (Phi) is 7.28. The first kappa shape index (κ1) is 20.8. The summed E-state index contributed by atoms with van der Waals surface area (Å²) in [6, 6.07) is 12.0. The maximum absolute atomic E-state index is 12.4. The summed E-state index contributed by atoms with van der Waals surface area (Å²) in [7, 11) is 3.35. The van der Waals surface area contributed by atoms with E-state index < -0.39 is 0 Å². The van der Waals surface area contributed by atoms with Crippen LogP contribution in [0.3, 0.4) is 0 Å². The summed E-state index contributed by atoms with van der Waals surface area (Å²) in [4.78, 5) is 12.4. The Bertz CT molecular complexity index is 766. The molecule has 0 aromatic heterocycles. The molecule has 1 N–H and O–H groups in total. The number of rotatable bonds is 8. The molecular formula is C23H31NO3. The lowest BCUT2D eigenvalue weighted by Gasteiger charge is -2.21. The third kappa shape index (κ3) is 5.49. The van der Waals surface area contributed by atoms with E-state index in [4.69, 9.17) is 9.47 Å². The second kappa shape index (κ2) is 9.45. The molecule has 0 radical (unpaired) electrons. The molecule has 0 bridgehead atoms. The standard InChI is InChI=1S/C23H31NO3/c1-15(2)20-14-21(16(3)13-22(20)27-6)17(4)24-23(25)12-9-18-7-10-19(26-5)11-8-18/h7-8,10-11,13-15,17H,9,12H2,1-6H3,(H,24,25)/t17-/m0/s1. The molecule has 0 fully saturated rings. The predicted octanol–water partition coefficient (Wildman–Crippen LogP) is 4.95. The Morgan fingerprint density at radius 2 is 1.67 bits per heavy atom. The third-order valence-corrected chi connectivity index (χ3v) is 4.88. The van der Waals surface area contributed by atoms with Crippen molar-refractivity contribution in [1.82, 2.24) is 5.32 Å². The highest BCUT2D eigenvalue weighted by Gasteiger charge is 2.16. The van der Waals surface area contributed by atoms with Crippen LogP contribution in [0, 0.1) is 6.92 Å². The molecule has 0 aliphatic heterocycles. The SMILES string of the molecule is COc1ccc(CCC(=O)N[C@@H](C)c2cc(C(C)C)c(OC)cc2C)cc1. The summed E-state index contributed by atoms with van der Waals surface area (Å²) >= 11 is 0. The number of ether oxygens (including phenoxy) is 2. The van der Waals surface area contributed by atoms with Gasteiger partial charge in [0.25, 0.3) is 0 Å². The minimum atomic E-state index is -0.0447. The molecule has 0 saturated carbocycles. The van der Waals surface area contributed by atoms with Crippen LogP contribution in [0.5, 0.6) is 11.5 Å². The van der Waals surface area contributed by atoms with E-state index in [1.807, 2.05) is 31.2 Å². The molecule has 4 nitrogen and oxygen atoms in total. The smallest absolute Gasteiger partial charge is 0.220 e. The van der Waals surface area contributed by atoms with E-state index in [1.54, 1.807) is 14.2 Å². The highest BCUT2D eigenvalue weighted by atomic mass is 16.5. The normalized spacial score (nSPS) is 12.0. The first-order valence-corrected chi connectivity index (χ1v) is 9.46. The number of nitrogens with one attached hydrogen (secondary N) is 1. The number of methoxy groups -OCH3 is 2. The number of carbonyl (C=O) groups is 1. The molecule has 2 rings (SSSR count). The van der Waals surface area contributed by atoms with E-state index in [-0.39, 0.29) is 11.9 Å². The van der Waals surface area contributed by atoms with Crippen LogP contribution in [-0.4, -0.2) is 20.1 Å². The molecule has 0 heterocycles. The van der Waals surface area contributed by atoms with E-state index >= 15 is 0 Å². The number of carbonyl (C=O) groups excluding carboxylic acids is 1. The van der Waals surface area contributed by atoms with Gasteiger partial charge in [0.1, 0.15) is 11.5 Å². The van der Waals surface area contributed by atoms with Crippen molar-refractivity contribution >= 4 is 5.91 Å². The molecule has 146 valence electrons. The lowest BCUT2D eigenvalue weighted by atomic mass is 9.93. The van der Waals surface area contributed by atoms with Crippen LogP contribution < -0.4 is 14.8 Å². The molecule has 2 aromatic carbocycles. The fourth-order valence-corrected chi connectivity index (χ4v) is 3.25. The van der Waals surface area contributed by atoms with Crippen LogP contribution in [0.15, 0.2) is 36.4 Å². The van der Waals surface area contributed by atoms with Crippen LogP contribution in [0.1, 0.15) is 61.4 Å². The van der Waals surface area contributed by atoms with Gasteiger partial charge in [-0.2, -0.15) is 0 Å². The van der Waals surface area contributed by atoms with Gasteiger partial charge in [-0.15, -0.1) is 0 Å². The van der Waals surface area contributed by atoms with Crippen molar-refractivity contribution in [2.24, 2.45) is 0 Å². The predicted molar refractivity (Wildman–Crippen MR) is 110 cm³/mol. The van der Waals surface area contributed by atoms with Crippen molar-refractivity contribution in [3.05, 3.63) is 58.7 Å². The highest BCUT2D eigenvalue weighted by molar-refractivity contribution is 5.76. The summed E-state index contributed by atoms with van der Waals surface area (Å²) in [5.74, 6) is 2.15. The molecule has 0 aliphatic carbocycles. The molecule has 0 unspecified atom stereocenters. The fraction of sp³-hybridized carbons (Fsp3) is 0.435. The minimum absolute atomic E-state index is 0.0447. The Morgan fingerprint density at radius 1 is 1.00 bits per heavy atom. The Hall–Kier alpha value is -2.49. The first-order valence-electron chi connectivity index (χ1n) is 9.46. The molecule has 1 atom stereocenters. The Balaban J connectivity index is 2.01. The second-order valence-electron chi connectivity index (χ2n) is 7.24. The minimum Gasteiger partial charge on any atom is -0.497 e. The van der Waals surface area contributed by atoms with Crippen molar-refractivity contribution in [2.75, 3.05) is 14.2 Å². The Labute approximate surface area is 162 Å². The van der Waals surface area contributed by atoms with Crippen molar-refractivity contribution in [3.63, 3.8) is 0 Å². The van der Waals surface area contributed by atoms with Crippen LogP contribution in [-0.2, 0) is 11.2 Å². The monoisotopic (exact) mass is 369 g/mol. The third-order valence-electron chi connectivity index (χ3n) is 4.88. The van der Waals surface area contributed by atoms with E-state index in [0.29, 0.717) is 18.8 Å². The van der Waals surface area contributed by atoms with Crippen molar-refractivity contribution in [1.29, 1.82) is 0 Å². The van der Waals surface area contributed by atoms with E-state index in [0.717, 1.165) is 33.8 Å². The van der Waals surface area contributed by atoms with E-state index in [9.17, 15) is 4.79 Å². The number of aryl methyl sites for hydroxylation is 2. The van der Waals surface area contributed by atoms with Gasteiger partial charge in [-0.3, -0.25) is 4.79 Å². The zero-order chi connectivity index (χ0) is 20.0. The van der Waals surface area contributed by atoms with Gasteiger partial charge in [0.2, 0.25) is 5.91 Å². The molecule has 0 spiro atoms. The van der Waals surface area contributed by atoms with Crippen LogP contribution in [0.25, 0.3) is 0 Å². The average molecular weight is 370 g/mol. The van der Waals surface area contributed by atoms with E-state index in [1.165, 1.54) is 0 Å². The lowest BCUT2D eigenvalue weighted by molar-refractivity contribution is -0.121. The fourth-order valence-electron chi connectivity index (χ4n) is 3.25. The number of hydrogen-bond acceptors (Lipinski definition) is 3. The first-order chi connectivity index (χ1) is 12.8. The number of benzene rings is 2. The molecule has 0 saturated heterocycles. The molecular weight excluding hydrogens is 338 g/mol. The van der Waals surface area contributed by atoms with Gasteiger partial charge in [-0.1, -0.05) is 26.0 Å². The maximum Gasteiger partial charge on any atom is 0.220 e. The van der Waals surface area contributed by atoms with Crippen LogP contribution >= 0.6 is 0 Å². The molecule has 1 amide bonds. The van der Waals surface area contributed by atoms with Gasteiger partial charge in [-0.25, -0.2) is 0 Å². The lowest BCUT2D eigenvalue weighted by Crippen LogP contribution is -2.27. The summed E-state index contributed by atoms with van der Waals surface area (Å²) in [5.41, 5.74) is 4.55. The van der Waals surface area contributed by atoms with Gasteiger partial charge in [0, 0.05) is 6.42 Å². The van der Waals surface area contributed by atoms with Crippen molar-refractivity contribution in [3.8, 4) is 11.5 Å². The maximum atomic E-state index is 12.4. The van der Waals surface area contributed by atoms with E-state index in [2.05, 4.69) is 38.2 Å². The number of hydrogen-bond donors (Lipinski definition) is 1. The highest BCUT2D eigenvalue weighted by Crippen LogP contribution is 2.32. The summed E-state index contributed by atoms with van der Waals surface area (Å²) in [6.45, 7) is 8.39. The zero-order valence-corrected chi connectivity index (χ0v) is 17.3. The van der Waals surface area contributed by atoms with Gasteiger partial charge in [-0.05, 0) is 72.7 Å². The topological polar surface area (TPSA) is 47.6 Å². The summed E-state index contributed by atoms with van der Waals surface area (Å²) in [6.07, 6.45) is 1.17. The summed E-state index contributed by atoms with van der Waals surface area (Å²) in [5, 5.41) is 3.13.